The fourth-order valence-electron chi connectivity index (χ4n) is 1.30. The van der Waals surface area contributed by atoms with E-state index in [9.17, 15) is 0 Å². The molecule has 1 aromatic carbocycles. The smallest absolute Gasteiger partial charge is 0.138 e. The highest BCUT2D eigenvalue weighted by Crippen LogP contribution is 2.35. The molecule has 0 aromatic heterocycles. The van der Waals surface area contributed by atoms with Crippen LogP contribution < -0.4 is 9.47 Å². The van der Waals surface area contributed by atoms with Crippen molar-refractivity contribution in [3.05, 3.63) is 23.8 Å². The summed E-state index contributed by atoms with van der Waals surface area (Å²) < 4.78 is 10.5. The van der Waals surface area contributed by atoms with Crippen molar-refractivity contribution in [1.29, 1.82) is 0 Å². The number of benzene rings is 1. The van der Waals surface area contributed by atoms with Gasteiger partial charge in [0, 0.05) is 11.6 Å². The van der Waals surface area contributed by atoms with Gasteiger partial charge in [0.15, 0.2) is 0 Å². The van der Waals surface area contributed by atoms with Crippen LogP contribution in [0.1, 0.15) is 26.3 Å². The highest BCUT2D eigenvalue weighted by molar-refractivity contribution is 6.87. The Morgan fingerprint density at radius 3 is 1.79 bits per heavy atom. The number of methoxy groups -OCH3 is 2. The minimum absolute atomic E-state index is 0.267. The summed E-state index contributed by atoms with van der Waals surface area (Å²) in [5, 5.41) is 0.267. The largest absolute Gasteiger partial charge is 0.497 e. The van der Waals surface area contributed by atoms with E-state index in [2.05, 4.69) is 45.3 Å². The lowest BCUT2D eigenvalue weighted by Crippen LogP contribution is -2.35. The van der Waals surface area contributed by atoms with Crippen LogP contribution in [0.25, 0.3) is 0 Å². The predicted octanol–water partition coefficient (Wildman–Crippen LogP) is 4.10. The van der Waals surface area contributed by atoms with Crippen molar-refractivity contribution in [2.45, 2.75) is 38.9 Å². The Labute approximate surface area is 118 Å². The summed E-state index contributed by atoms with van der Waals surface area (Å²) in [6, 6.07) is 5.75. The third kappa shape index (κ3) is 4.04. The Morgan fingerprint density at radius 2 is 1.42 bits per heavy atom. The topological polar surface area (TPSA) is 18.5 Å². The number of hydrogen-bond acceptors (Lipinski definition) is 2. The molecule has 0 unspecified atom stereocenters. The zero-order valence-corrected chi connectivity index (χ0v) is 14.0. The van der Waals surface area contributed by atoms with Gasteiger partial charge in [-0.1, -0.05) is 39.8 Å². The van der Waals surface area contributed by atoms with E-state index >= 15 is 0 Å². The molecule has 0 atom stereocenters. The molecule has 2 nitrogen and oxygen atoms in total. The van der Waals surface area contributed by atoms with Crippen LogP contribution in [-0.2, 0) is 0 Å². The van der Waals surface area contributed by atoms with E-state index in [0.717, 1.165) is 17.1 Å². The summed E-state index contributed by atoms with van der Waals surface area (Å²) in [5.74, 6) is 4.85. The molecule has 1 aromatic rings. The molecule has 0 N–H and O–H groups in total. The Hall–Kier alpha value is -1.40. The van der Waals surface area contributed by atoms with E-state index in [1.165, 1.54) is 0 Å². The average Bonchev–Trinajstić information content (AvgIpc) is 2.34. The number of hydrogen-bond donors (Lipinski definition) is 0. The van der Waals surface area contributed by atoms with Crippen LogP contribution >= 0.6 is 0 Å². The van der Waals surface area contributed by atoms with E-state index in [-0.39, 0.29) is 5.04 Å². The molecule has 0 radical (unpaired) electrons. The molecule has 1 rings (SSSR count). The lowest BCUT2D eigenvalue weighted by Gasteiger charge is -2.31. The van der Waals surface area contributed by atoms with E-state index < -0.39 is 8.07 Å². The molecule has 0 aliphatic rings. The minimum Gasteiger partial charge on any atom is -0.497 e. The van der Waals surface area contributed by atoms with Crippen molar-refractivity contribution in [3.8, 4) is 23.0 Å². The van der Waals surface area contributed by atoms with E-state index in [1.807, 2.05) is 18.2 Å². The Bertz CT molecular complexity index is 479. The normalized spacial score (nSPS) is 11.5. The second-order valence-electron chi connectivity index (χ2n) is 6.23. The lowest BCUT2D eigenvalue weighted by molar-refractivity contribution is 0.394. The average molecular weight is 276 g/mol. The first-order valence-electron chi connectivity index (χ1n) is 6.46. The molecular formula is C16H24O2Si. The third-order valence-corrected chi connectivity index (χ3v) is 8.25. The molecule has 0 amide bonds. The molecule has 104 valence electrons. The van der Waals surface area contributed by atoms with Crippen LogP contribution in [0.15, 0.2) is 18.2 Å². The molecule has 3 heteroatoms. The number of ether oxygens (including phenoxy) is 2. The first kappa shape index (κ1) is 15.7. The first-order chi connectivity index (χ1) is 8.69. The van der Waals surface area contributed by atoms with Crippen LogP contribution in [0, 0.1) is 11.5 Å². The van der Waals surface area contributed by atoms with Crippen LogP contribution in [0.5, 0.6) is 11.5 Å². The molecule has 0 spiro atoms. The van der Waals surface area contributed by atoms with Crippen LogP contribution in [0.3, 0.4) is 0 Å². The van der Waals surface area contributed by atoms with Crippen LogP contribution in [0.2, 0.25) is 18.1 Å². The second-order valence-corrected chi connectivity index (χ2v) is 11.2. The molecule has 0 aliphatic heterocycles. The summed E-state index contributed by atoms with van der Waals surface area (Å²) in [6.45, 7) is 11.4. The van der Waals surface area contributed by atoms with Gasteiger partial charge in [-0.05, 0) is 17.2 Å². The molecular weight excluding hydrogens is 252 g/mol. The van der Waals surface area contributed by atoms with Crippen molar-refractivity contribution in [2.24, 2.45) is 0 Å². The van der Waals surface area contributed by atoms with Crippen LogP contribution in [-0.4, -0.2) is 22.3 Å². The van der Waals surface area contributed by atoms with Gasteiger partial charge in [-0.3, -0.25) is 0 Å². The van der Waals surface area contributed by atoms with E-state index in [0.29, 0.717) is 0 Å². The molecule has 0 bridgehead atoms. The van der Waals surface area contributed by atoms with Crippen LogP contribution in [0.4, 0.5) is 0 Å². The van der Waals surface area contributed by atoms with Gasteiger partial charge >= 0.3 is 0 Å². The number of rotatable bonds is 2. The Morgan fingerprint density at radius 1 is 0.947 bits per heavy atom. The van der Waals surface area contributed by atoms with Gasteiger partial charge in [-0.25, -0.2) is 0 Å². The van der Waals surface area contributed by atoms with Gasteiger partial charge in [-0.15, -0.1) is 5.54 Å². The van der Waals surface area contributed by atoms with Gasteiger partial charge < -0.3 is 9.47 Å². The highest BCUT2D eigenvalue weighted by Gasteiger charge is 2.33. The summed E-state index contributed by atoms with van der Waals surface area (Å²) >= 11 is 0. The summed E-state index contributed by atoms with van der Waals surface area (Å²) in [6.07, 6.45) is 0. The minimum atomic E-state index is -1.59. The van der Waals surface area contributed by atoms with Crippen molar-refractivity contribution in [1.82, 2.24) is 0 Å². The van der Waals surface area contributed by atoms with Crippen molar-refractivity contribution in [3.63, 3.8) is 0 Å². The summed E-state index contributed by atoms with van der Waals surface area (Å²) in [4.78, 5) is 0. The summed E-state index contributed by atoms with van der Waals surface area (Å²) in [7, 11) is 1.72. The van der Waals surface area contributed by atoms with Crippen molar-refractivity contribution < 1.29 is 9.47 Å². The fraction of sp³-hybridized carbons (Fsp3) is 0.500. The first-order valence-corrected chi connectivity index (χ1v) is 9.46. The van der Waals surface area contributed by atoms with Gasteiger partial charge in [0.05, 0.1) is 14.2 Å². The van der Waals surface area contributed by atoms with Crippen molar-refractivity contribution >= 4 is 8.07 Å². The molecule has 0 saturated carbocycles. The summed E-state index contributed by atoms with van der Waals surface area (Å²) in [5.41, 5.74) is 4.44. The lowest BCUT2D eigenvalue weighted by atomic mass is 10.2. The molecule has 0 aliphatic carbocycles. The Kier molecular flexibility index (Phi) is 4.70. The maximum Gasteiger partial charge on any atom is 0.138 e. The van der Waals surface area contributed by atoms with E-state index in [4.69, 9.17) is 9.47 Å². The molecule has 19 heavy (non-hydrogen) atoms. The maximum absolute atomic E-state index is 5.26. The molecule has 0 saturated heterocycles. The Balaban J connectivity index is 3.13. The monoisotopic (exact) mass is 276 g/mol. The van der Waals surface area contributed by atoms with Gasteiger partial charge in [0.2, 0.25) is 0 Å². The van der Waals surface area contributed by atoms with Gasteiger partial charge in [0.25, 0.3) is 0 Å². The third-order valence-electron chi connectivity index (χ3n) is 3.75. The zero-order chi connectivity index (χ0) is 14.7. The highest BCUT2D eigenvalue weighted by atomic mass is 28.3. The zero-order valence-electron chi connectivity index (χ0n) is 13.0. The fourth-order valence-corrected chi connectivity index (χ4v) is 2.13. The standard InChI is InChI=1S/C16H24O2Si/c1-16(2,3)19(6,7)9-8-13-10-14(17-4)12-15(11-13)18-5/h10-12H,1-7H3. The second kappa shape index (κ2) is 5.71. The predicted molar refractivity (Wildman–Crippen MR) is 83.6 cm³/mol. The SMILES string of the molecule is COc1cc(C#C[Si](C)(C)C(C)(C)C)cc(OC)c1. The quantitative estimate of drug-likeness (QED) is 0.598. The molecule has 0 heterocycles. The van der Waals surface area contributed by atoms with E-state index in [1.54, 1.807) is 14.2 Å². The molecule has 0 fully saturated rings. The van der Waals surface area contributed by atoms with Crippen molar-refractivity contribution in [2.75, 3.05) is 14.2 Å². The van der Waals surface area contributed by atoms with Gasteiger partial charge in [-0.2, -0.15) is 0 Å². The maximum atomic E-state index is 5.26. The van der Waals surface area contributed by atoms with Gasteiger partial charge in [0.1, 0.15) is 19.6 Å².